The number of nitriles is 1. The summed E-state index contributed by atoms with van der Waals surface area (Å²) in [5.41, 5.74) is 0.363. The van der Waals surface area contributed by atoms with Crippen LogP contribution in [0, 0.1) is 16.7 Å². The van der Waals surface area contributed by atoms with Crippen molar-refractivity contribution in [1.29, 1.82) is 5.26 Å². The zero-order chi connectivity index (χ0) is 17.5. The maximum atomic E-state index is 12.1. The molecule has 6 nitrogen and oxygen atoms in total. The summed E-state index contributed by atoms with van der Waals surface area (Å²) >= 11 is 0. The normalized spacial score (nSPS) is 12.1. The van der Waals surface area contributed by atoms with Crippen molar-refractivity contribution < 1.29 is 14.7 Å². The fourth-order valence-electron chi connectivity index (χ4n) is 1.91. The highest BCUT2D eigenvalue weighted by Gasteiger charge is 2.21. The van der Waals surface area contributed by atoms with E-state index in [1.165, 1.54) is 6.07 Å². The Kier molecular flexibility index (Phi) is 6.73. The van der Waals surface area contributed by atoms with Crippen LogP contribution in [-0.2, 0) is 4.79 Å². The third-order valence-corrected chi connectivity index (χ3v) is 3.30. The Balaban J connectivity index is 2.47. The lowest BCUT2D eigenvalue weighted by atomic mass is 9.90. The molecule has 124 valence electrons. The predicted octanol–water partition coefficient (Wildman–Crippen LogP) is 1.20. The minimum absolute atomic E-state index is 0.0675. The van der Waals surface area contributed by atoms with Crippen molar-refractivity contribution in [3.05, 3.63) is 35.4 Å². The van der Waals surface area contributed by atoms with Crippen LogP contribution in [0.5, 0.6) is 0 Å². The largest absolute Gasteiger partial charge is 0.396 e. The fraction of sp³-hybridized carbons (Fsp3) is 0.471. The first kappa shape index (κ1) is 18.7. The van der Waals surface area contributed by atoms with E-state index < -0.39 is 5.41 Å². The van der Waals surface area contributed by atoms with Crippen LogP contribution in [0.3, 0.4) is 0 Å². The van der Waals surface area contributed by atoms with Crippen LogP contribution in [0.25, 0.3) is 0 Å². The third-order valence-electron chi connectivity index (χ3n) is 3.30. The molecule has 2 amide bonds. The lowest BCUT2D eigenvalue weighted by Gasteiger charge is -2.21. The second kappa shape index (κ2) is 8.30. The average molecular weight is 317 g/mol. The molecule has 23 heavy (non-hydrogen) atoms. The summed E-state index contributed by atoms with van der Waals surface area (Å²) in [6.07, 6.45) is 0.217. The summed E-state index contributed by atoms with van der Waals surface area (Å²) in [7, 11) is 0. The van der Waals surface area contributed by atoms with Crippen LogP contribution < -0.4 is 10.6 Å². The van der Waals surface area contributed by atoms with Gasteiger partial charge in [-0.25, -0.2) is 0 Å². The second-order valence-electron chi connectivity index (χ2n) is 6.37. The maximum Gasteiger partial charge on any atom is 0.251 e. The first-order valence-electron chi connectivity index (χ1n) is 7.46. The van der Waals surface area contributed by atoms with Gasteiger partial charge in [-0.2, -0.15) is 5.26 Å². The number of amides is 2. The summed E-state index contributed by atoms with van der Waals surface area (Å²) in [5.74, 6) is -0.462. The molecule has 6 heteroatoms. The maximum absolute atomic E-state index is 12.1. The summed E-state index contributed by atoms with van der Waals surface area (Å²) in [6, 6.07) is 8.16. The predicted molar refractivity (Wildman–Crippen MR) is 86.6 cm³/mol. The van der Waals surface area contributed by atoms with E-state index in [4.69, 9.17) is 10.4 Å². The van der Waals surface area contributed by atoms with E-state index in [-0.39, 0.29) is 30.9 Å². The Morgan fingerprint density at radius 1 is 1.39 bits per heavy atom. The highest BCUT2D eigenvalue weighted by atomic mass is 16.3. The first-order valence-corrected chi connectivity index (χ1v) is 7.46. The molecule has 0 radical (unpaired) electrons. The van der Waals surface area contributed by atoms with Gasteiger partial charge in [0, 0.05) is 31.2 Å². The molecule has 0 heterocycles. The molecule has 1 unspecified atom stereocenters. The summed E-state index contributed by atoms with van der Waals surface area (Å²) in [6.45, 7) is 5.62. The van der Waals surface area contributed by atoms with Crippen molar-refractivity contribution in [3.63, 3.8) is 0 Å². The summed E-state index contributed by atoms with van der Waals surface area (Å²) < 4.78 is 0. The highest BCUT2D eigenvalue weighted by molar-refractivity contribution is 5.94. The molecule has 0 bridgehead atoms. The number of benzene rings is 1. The number of nitrogens with one attached hydrogen (secondary N) is 2. The Hall–Kier alpha value is -2.39. The van der Waals surface area contributed by atoms with Crippen molar-refractivity contribution in [3.8, 4) is 6.07 Å². The summed E-state index contributed by atoms with van der Waals surface area (Å²) in [4.78, 5) is 23.9. The van der Waals surface area contributed by atoms with Gasteiger partial charge in [0.2, 0.25) is 5.91 Å². The molecule has 1 atom stereocenters. The lowest BCUT2D eigenvalue weighted by molar-refractivity contribution is -0.123. The monoisotopic (exact) mass is 317 g/mol. The standard InChI is InChI=1S/C17H23N3O3/c1-12(10-19-15(22)8-17(2,3)11-21)20-16(23)14-6-4-5-13(7-14)9-18/h4-7,12,21H,8,10-11H2,1-3H3,(H,19,22)(H,20,23). The van der Waals surface area contributed by atoms with Gasteiger partial charge in [-0.15, -0.1) is 0 Å². The van der Waals surface area contributed by atoms with E-state index in [1.54, 1.807) is 39.0 Å². The van der Waals surface area contributed by atoms with Crippen LogP contribution >= 0.6 is 0 Å². The second-order valence-corrected chi connectivity index (χ2v) is 6.37. The van der Waals surface area contributed by atoms with Gasteiger partial charge in [0.1, 0.15) is 0 Å². The van der Waals surface area contributed by atoms with Crippen LogP contribution in [0.1, 0.15) is 43.1 Å². The Labute approximate surface area is 136 Å². The number of carbonyl (C=O) groups is 2. The third kappa shape index (κ3) is 6.49. The Bertz CT molecular complexity index is 605. The molecule has 1 aromatic rings. The highest BCUT2D eigenvalue weighted by Crippen LogP contribution is 2.18. The molecule has 0 aliphatic rings. The molecule has 0 aliphatic heterocycles. The number of rotatable bonds is 7. The van der Waals surface area contributed by atoms with E-state index in [0.717, 1.165) is 0 Å². The van der Waals surface area contributed by atoms with Crippen molar-refractivity contribution in [2.45, 2.75) is 33.2 Å². The van der Waals surface area contributed by atoms with Gasteiger partial charge < -0.3 is 15.7 Å². The molecule has 0 fully saturated rings. The molecule has 0 saturated carbocycles. The number of hydrogen-bond acceptors (Lipinski definition) is 4. The fourth-order valence-corrected chi connectivity index (χ4v) is 1.91. The van der Waals surface area contributed by atoms with Crippen LogP contribution in [-0.4, -0.2) is 36.1 Å². The number of aliphatic hydroxyl groups is 1. The first-order chi connectivity index (χ1) is 10.8. The number of hydrogen-bond donors (Lipinski definition) is 3. The van der Waals surface area contributed by atoms with Crippen molar-refractivity contribution in [2.24, 2.45) is 5.41 Å². The minimum Gasteiger partial charge on any atom is -0.396 e. The molecule has 1 aromatic carbocycles. The smallest absolute Gasteiger partial charge is 0.251 e. The SMILES string of the molecule is CC(CNC(=O)CC(C)(C)CO)NC(=O)c1cccc(C#N)c1. The van der Waals surface area contributed by atoms with Gasteiger partial charge in [0.15, 0.2) is 0 Å². The van der Waals surface area contributed by atoms with E-state index in [9.17, 15) is 9.59 Å². The molecule has 0 saturated heterocycles. The van der Waals surface area contributed by atoms with Gasteiger partial charge in [0.25, 0.3) is 5.91 Å². The van der Waals surface area contributed by atoms with E-state index in [1.807, 2.05) is 6.07 Å². The molecule has 0 aromatic heterocycles. The Morgan fingerprint density at radius 2 is 2.09 bits per heavy atom. The van der Waals surface area contributed by atoms with Crippen molar-refractivity contribution >= 4 is 11.8 Å². The molecule has 1 rings (SSSR count). The quantitative estimate of drug-likeness (QED) is 0.703. The van der Waals surface area contributed by atoms with E-state index in [0.29, 0.717) is 17.7 Å². The number of aliphatic hydroxyl groups excluding tert-OH is 1. The van der Waals surface area contributed by atoms with Crippen LogP contribution in [0.2, 0.25) is 0 Å². The molecular weight excluding hydrogens is 294 g/mol. The van der Waals surface area contributed by atoms with Crippen LogP contribution in [0.4, 0.5) is 0 Å². The van der Waals surface area contributed by atoms with Gasteiger partial charge in [-0.1, -0.05) is 19.9 Å². The van der Waals surface area contributed by atoms with Gasteiger partial charge >= 0.3 is 0 Å². The minimum atomic E-state index is -0.464. The van der Waals surface area contributed by atoms with Gasteiger partial charge in [-0.3, -0.25) is 9.59 Å². The van der Waals surface area contributed by atoms with Gasteiger partial charge in [0.05, 0.1) is 11.6 Å². The van der Waals surface area contributed by atoms with Gasteiger partial charge in [-0.05, 0) is 30.5 Å². The van der Waals surface area contributed by atoms with Crippen LogP contribution in [0.15, 0.2) is 24.3 Å². The number of nitrogens with zero attached hydrogens (tertiary/aromatic N) is 1. The topological polar surface area (TPSA) is 102 Å². The number of carbonyl (C=O) groups excluding carboxylic acids is 2. The summed E-state index contributed by atoms with van der Waals surface area (Å²) in [5, 5.41) is 23.5. The zero-order valence-electron chi connectivity index (χ0n) is 13.7. The zero-order valence-corrected chi connectivity index (χ0v) is 13.7. The van der Waals surface area contributed by atoms with E-state index in [2.05, 4.69) is 10.6 Å². The Morgan fingerprint density at radius 3 is 2.70 bits per heavy atom. The lowest BCUT2D eigenvalue weighted by Crippen LogP contribution is -2.42. The molecule has 0 spiro atoms. The molecular formula is C17H23N3O3. The van der Waals surface area contributed by atoms with Crippen molar-refractivity contribution in [1.82, 2.24) is 10.6 Å². The molecule has 3 N–H and O–H groups in total. The molecule has 0 aliphatic carbocycles. The average Bonchev–Trinajstić information content (AvgIpc) is 2.52. The van der Waals surface area contributed by atoms with Crippen molar-refractivity contribution in [2.75, 3.05) is 13.2 Å². The van der Waals surface area contributed by atoms with E-state index >= 15 is 0 Å².